The molecule has 3 N–H and O–H groups in total. The molecule has 2 amide bonds. The lowest BCUT2D eigenvalue weighted by Gasteiger charge is -2.16. The lowest BCUT2D eigenvalue weighted by molar-refractivity contribution is -0.136. The molecule has 0 aliphatic carbocycles. The summed E-state index contributed by atoms with van der Waals surface area (Å²) in [6, 6.07) is 5.27. The van der Waals surface area contributed by atoms with E-state index in [4.69, 9.17) is 9.84 Å². The van der Waals surface area contributed by atoms with E-state index < -0.39 is 11.9 Å². The van der Waals surface area contributed by atoms with Gasteiger partial charge in [0.25, 0.3) is 5.91 Å². The summed E-state index contributed by atoms with van der Waals surface area (Å²) in [5.41, 5.74) is 2.29. The number of ether oxygens (including phenoxy) is 1. The van der Waals surface area contributed by atoms with Crippen molar-refractivity contribution >= 4 is 29.2 Å². The Labute approximate surface area is 163 Å². The standard InChI is InChI=1S/C19H26N4O5/c1-12-5-6-13(20-16(25)11-22(2)3)9-15(12)21-17-14(19(27)28-4)10-23(7-8-24)18(17)26/h5-6,9,21,24H,7-8,10-11H2,1-4H3,(H,20,25). The van der Waals surface area contributed by atoms with Crippen LogP contribution in [0, 0.1) is 6.92 Å². The lowest BCUT2D eigenvalue weighted by Crippen LogP contribution is -2.31. The summed E-state index contributed by atoms with van der Waals surface area (Å²) in [6.45, 7) is 2.05. The molecule has 1 aliphatic rings. The van der Waals surface area contributed by atoms with Crippen LogP contribution < -0.4 is 10.6 Å². The molecule has 9 heteroatoms. The average molecular weight is 390 g/mol. The molecule has 0 bridgehead atoms. The van der Waals surface area contributed by atoms with Crippen LogP contribution in [0.4, 0.5) is 11.4 Å². The maximum Gasteiger partial charge on any atom is 0.337 e. The van der Waals surface area contributed by atoms with E-state index in [1.54, 1.807) is 37.2 Å². The maximum atomic E-state index is 12.6. The van der Waals surface area contributed by atoms with Crippen LogP contribution in [0.3, 0.4) is 0 Å². The number of benzene rings is 1. The second kappa shape index (κ2) is 9.34. The Bertz CT molecular complexity index is 804. The van der Waals surface area contributed by atoms with Crippen LogP contribution >= 0.6 is 0 Å². The van der Waals surface area contributed by atoms with Crippen molar-refractivity contribution in [2.24, 2.45) is 0 Å². The number of nitrogens with zero attached hydrogens (tertiary/aromatic N) is 2. The van der Waals surface area contributed by atoms with Crippen molar-refractivity contribution in [2.45, 2.75) is 6.92 Å². The number of anilines is 2. The number of amides is 2. The van der Waals surface area contributed by atoms with Gasteiger partial charge in [-0.25, -0.2) is 4.79 Å². The number of aliphatic hydroxyl groups excluding tert-OH is 1. The van der Waals surface area contributed by atoms with Crippen molar-refractivity contribution in [3.63, 3.8) is 0 Å². The van der Waals surface area contributed by atoms with Crippen molar-refractivity contribution < 1.29 is 24.2 Å². The van der Waals surface area contributed by atoms with Gasteiger partial charge < -0.3 is 30.3 Å². The van der Waals surface area contributed by atoms with E-state index in [0.29, 0.717) is 11.4 Å². The first-order valence-corrected chi connectivity index (χ1v) is 8.80. The van der Waals surface area contributed by atoms with E-state index in [0.717, 1.165) is 5.56 Å². The van der Waals surface area contributed by atoms with Gasteiger partial charge in [-0.3, -0.25) is 9.59 Å². The number of nitrogens with one attached hydrogen (secondary N) is 2. The summed E-state index contributed by atoms with van der Waals surface area (Å²) < 4.78 is 4.78. The van der Waals surface area contributed by atoms with Gasteiger partial charge in [0.15, 0.2) is 0 Å². The van der Waals surface area contributed by atoms with E-state index in [1.807, 2.05) is 6.92 Å². The molecule has 1 heterocycles. The zero-order chi connectivity index (χ0) is 20.8. The minimum Gasteiger partial charge on any atom is -0.466 e. The molecule has 28 heavy (non-hydrogen) atoms. The zero-order valence-electron chi connectivity index (χ0n) is 16.5. The van der Waals surface area contributed by atoms with Crippen molar-refractivity contribution in [3.8, 4) is 0 Å². The highest BCUT2D eigenvalue weighted by Crippen LogP contribution is 2.26. The second-order valence-electron chi connectivity index (χ2n) is 6.74. The highest BCUT2D eigenvalue weighted by atomic mass is 16.5. The number of β-amino-alcohol motifs (C(OH)–C–C–N with tert-alkyl or cyclic N) is 1. The number of aliphatic hydroxyl groups is 1. The SMILES string of the molecule is COC(=O)C1=C(Nc2cc(NC(=O)CN(C)C)ccc2C)C(=O)N(CCO)C1. The fourth-order valence-electron chi connectivity index (χ4n) is 2.81. The number of esters is 1. The Balaban J connectivity index is 2.28. The molecule has 0 saturated heterocycles. The molecule has 1 aromatic rings. The molecule has 1 aromatic carbocycles. The first-order valence-electron chi connectivity index (χ1n) is 8.80. The fraction of sp³-hybridized carbons (Fsp3) is 0.421. The molecule has 0 atom stereocenters. The first kappa shape index (κ1) is 21.4. The van der Waals surface area contributed by atoms with Crippen LogP contribution in [-0.2, 0) is 19.1 Å². The summed E-state index contributed by atoms with van der Waals surface area (Å²) >= 11 is 0. The van der Waals surface area contributed by atoms with Gasteiger partial charge in [-0.15, -0.1) is 0 Å². The smallest absolute Gasteiger partial charge is 0.337 e. The number of carbonyl (C=O) groups excluding carboxylic acids is 3. The second-order valence-corrected chi connectivity index (χ2v) is 6.74. The molecular weight excluding hydrogens is 364 g/mol. The topological polar surface area (TPSA) is 111 Å². The normalized spacial score (nSPS) is 13.9. The third-order valence-corrected chi connectivity index (χ3v) is 4.19. The number of methoxy groups -OCH3 is 1. The molecule has 0 unspecified atom stereocenters. The predicted molar refractivity (Wildman–Crippen MR) is 105 cm³/mol. The van der Waals surface area contributed by atoms with Crippen molar-refractivity contribution in [1.82, 2.24) is 9.80 Å². The number of likely N-dealkylation sites (N-methyl/N-ethyl adjacent to an activating group) is 1. The number of hydrogen-bond donors (Lipinski definition) is 3. The van der Waals surface area contributed by atoms with E-state index >= 15 is 0 Å². The van der Waals surface area contributed by atoms with Gasteiger partial charge in [-0.2, -0.15) is 0 Å². The third kappa shape index (κ3) is 5.08. The molecule has 0 saturated carbocycles. The molecule has 152 valence electrons. The van der Waals surface area contributed by atoms with Gasteiger partial charge in [-0.05, 0) is 38.7 Å². The highest BCUT2D eigenvalue weighted by molar-refractivity contribution is 6.08. The summed E-state index contributed by atoms with van der Waals surface area (Å²) in [4.78, 5) is 39.8. The molecule has 0 aromatic heterocycles. The largest absolute Gasteiger partial charge is 0.466 e. The highest BCUT2D eigenvalue weighted by Gasteiger charge is 2.34. The van der Waals surface area contributed by atoms with Crippen LogP contribution in [0.15, 0.2) is 29.5 Å². The monoisotopic (exact) mass is 390 g/mol. The van der Waals surface area contributed by atoms with Crippen molar-refractivity contribution in [3.05, 3.63) is 35.0 Å². The minimum atomic E-state index is -0.607. The van der Waals surface area contributed by atoms with E-state index in [1.165, 1.54) is 12.0 Å². The Morgan fingerprint density at radius 2 is 2.04 bits per heavy atom. The van der Waals surface area contributed by atoms with Gasteiger partial charge in [0.1, 0.15) is 5.70 Å². The quantitative estimate of drug-likeness (QED) is 0.543. The molecule has 9 nitrogen and oxygen atoms in total. The number of carbonyl (C=O) groups is 3. The molecule has 0 radical (unpaired) electrons. The average Bonchev–Trinajstić information content (AvgIpc) is 2.93. The Morgan fingerprint density at radius 3 is 2.64 bits per heavy atom. The Hall–Kier alpha value is -2.91. The number of hydrogen-bond acceptors (Lipinski definition) is 7. The van der Waals surface area contributed by atoms with E-state index in [2.05, 4.69) is 10.6 Å². The number of aryl methyl sites for hydroxylation is 1. The fourth-order valence-corrected chi connectivity index (χ4v) is 2.81. The van der Waals surface area contributed by atoms with Gasteiger partial charge in [0, 0.05) is 17.9 Å². The minimum absolute atomic E-state index is 0.0622. The van der Waals surface area contributed by atoms with Crippen LogP contribution in [0.25, 0.3) is 0 Å². The van der Waals surface area contributed by atoms with Gasteiger partial charge >= 0.3 is 5.97 Å². The van der Waals surface area contributed by atoms with Crippen molar-refractivity contribution in [1.29, 1.82) is 0 Å². The van der Waals surface area contributed by atoms with Crippen LogP contribution in [-0.4, -0.2) is 80.1 Å². The van der Waals surface area contributed by atoms with Crippen LogP contribution in [0.2, 0.25) is 0 Å². The van der Waals surface area contributed by atoms with Crippen LogP contribution in [0.5, 0.6) is 0 Å². The van der Waals surface area contributed by atoms with Gasteiger partial charge in [0.05, 0.1) is 32.4 Å². The lowest BCUT2D eigenvalue weighted by atomic mass is 10.1. The van der Waals surface area contributed by atoms with E-state index in [-0.39, 0.29) is 43.4 Å². The molecular formula is C19H26N4O5. The Kier molecular flexibility index (Phi) is 7.13. The Morgan fingerprint density at radius 1 is 1.32 bits per heavy atom. The first-order chi connectivity index (χ1) is 13.3. The maximum absolute atomic E-state index is 12.6. The molecule has 0 fully saturated rings. The summed E-state index contributed by atoms with van der Waals surface area (Å²) in [6.07, 6.45) is 0. The van der Waals surface area contributed by atoms with E-state index in [9.17, 15) is 14.4 Å². The molecule has 1 aliphatic heterocycles. The van der Waals surface area contributed by atoms with Crippen molar-refractivity contribution in [2.75, 3.05) is 58.1 Å². The van der Waals surface area contributed by atoms with Gasteiger partial charge in [-0.1, -0.05) is 6.07 Å². The number of rotatable bonds is 8. The summed E-state index contributed by atoms with van der Waals surface area (Å²) in [7, 11) is 4.84. The third-order valence-electron chi connectivity index (χ3n) is 4.19. The summed E-state index contributed by atoms with van der Waals surface area (Å²) in [5, 5.41) is 14.9. The zero-order valence-corrected chi connectivity index (χ0v) is 16.5. The molecule has 0 spiro atoms. The van der Waals surface area contributed by atoms with Crippen LogP contribution in [0.1, 0.15) is 5.56 Å². The molecule has 2 rings (SSSR count). The van der Waals surface area contributed by atoms with Gasteiger partial charge in [0.2, 0.25) is 5.91 Å². The predicted octanol–water partition coefficient (Wildman–Crippen LogP) is 0.169. The summed E-state index contributed by atoms with van der Waals surface area (Å²) in [5.74, 6) is -1.17.